The number of nitrogens with zero attached hydrogens (tertiary/aromatic N) is 1. The number of carbonyl (C=O) groups is 2. The van der Waals surface area contributed by atoms with Crippen LogP contribution in [0.15, 0.2) is 42.5 Å². The maximum Gasteiger partial charge on any atom is 0.254 e. The van der Waals surface area contributed by atoms with Gasteiger partial charge in [-0.1, -0.05) is 47.5 Å². The Labute approximate surface area is 136 Å². The minimum absolute atomic E-state index is 0.0821. The van der Waals surface area contributed by atoms with Crippen molar-refractivity contribution < 1.29 is 9.59 Å². The van der Waals surface area contributed by atoms with E-state index >= 15 is 0 Å². The Morgan fingerprint density at radius 1 is 1.09 bits per heavy atom. The van der Waals surface area contributed by atoms with Gasteiger partial charge in [-0.05, 0) is 25.5 Å². The number of amides is 2. The van der Waals surface area contributed by atoms with Crippen molar-refractivity contribution in [3.63, 3.8) is 0 Å². The molecular weight excluding hydrogens is 288 g/mol. The molecule has 0 aromatic heterocycles. The molecule has 3 rings (SSSR count). The Morgan fingerprint density at radius 2 is 1.74 bits per heavy atom. The van der Waals surface area contributed by atoms with E-state index in [1.807, 2.05) is 56.3 Å². The number of rotatable bonds is 3. The van der Waals surface area contributed by atoms with E-state index in [4.69, 9.17) is 0 Å². The van der Waals surface area contributed by atoms with Gasteiger partial charge in [0.2, 0.25) is 5.91 Å². The lowest BCUT2D eigenvalue weighted by Crippen LogP contribution is -2.36. The minimum atomic E-state index is -0.590. The van der Waals surface area contributed by atoms with Crippen molar-refractivity contribution in [3.05, 3.63) is 64.7 Å². The lowest BCUT2D eigenvalue weighted by atomic mass is 10.1. The molecule has 118 valence electrons. The van der Waals surface area contributed by atoms with Crippen LogP contribution in [-0.2, 0) is 16.1 Å². The topological polar surface area (TPSA) is 49.4 Å². The molecule has 1 heterocycles. The number of anilines is 1. The monoisotopic (exact) mass is 308 g/mol. The molecule has 1 aliphatic rings. The quantitative estimate of drug-likeness (QED) is 0.947. The van der Waals surface area contributed by atoms with Crippen molar-refractivity contribution in [2.45, 2.75) is 33.4 Å². The highest BCUT2D eigenvalue weighted by atomic mass is 16.2. The molecule has 0 unspecified atom stereocenters. The van der Waals surface area contributed by atoms with Gasteiger partial charge in [-0.25, -0.2) is 0 Å². The normalized spacial score (nSPS) is 16.4. The molecular formula is C19H20N2O2. The summed E-state index contributed by atoms with van der Waals surface area (Å²) in [7, 11) is 0. The summed E-state index contributed by atoms with van der Waals surface area (Å²) in [5.74, 6) is -0.283. The Balaban J connectivity index is 1.96. The van der Waals surface area contributed by atoms with Crippen LogP contribution in [0.2, 0.25) is 0 Å². The summed E-state index contributed by atoms with van der Waals surface area (Å²) in [6.45, 7) is 5.96. The summed E-state index contributed by atoms with van der Waals surface area (Å²) in [4.78, 5) is 26.0. The first kappa shape index (κ1) is 15.3. The first-order valence-corrected chi connectivity index (χ1v) is 7.70. The highest BCUT2D eigenvalue weighted by Gasteiger charge is 2.37. The van der Waals surface area contributed by atoms with Crippen LogP contribution in [-0.4, -0.2) is 11.8 Å². The maximum atomic E-state index is 12.8. The molecule has 0 aliphatic carbocycles. The van der Waals surface area contributed by atoms with Crippen molar-refractivity contribution in [1.29, 1.82) is 0 Å². The van der Waals surface area contributed by atoms with Crippen molar-refractivity contribution >= 4 is 17.5 Å². The summed E-state index contributed by atoms with van der Waals surface area (Å²) in [5, 5.41) is 2.77. The summed E-state index contributed by atoms with van der Waals surface area (Å²) < 4.78 is 0. The van der Waals surface area contributed by atoms with Crippen molar-refractivity contribution in [3.8, 4) is 0 Å². The Morgan fingerprint density at radius 3 is 2.39 bits per heavy atom. The van der Waals surface area contributed by atoms with Gasteiger partial charge >= 0.3 is 0 Å². The molecule has 0 bridgehead atoms. The molecule has 0 fully saturated rings. The fourth-order valence-corrected chi connectivity index (χ4v) is 2.94. The number of benzene rings is 2. The second kappa shape index (κ2) is 5.88. The number of fused-ring (bicyclic) bond motifs is 1. The number of hydrogen-bond donors (Lipinski definition) is 1. The minimum Gasteiger partial charge on any atom is -0.341 e. The number of aryl methyl sites for hydroxylation is 2. The molecule has 1 N–H and O–H groups in total. The van der Waals surface area contributed by atoms with Crippen LogP contribution in [0.5, 0.6) is 0 Å². The molecule has 2 aromatic carbocycles. The molecule has 4 heteroatoms. The zero-order valence-corrected chi connectivity index (χ0v) is 13.6. The first-order valence-electron chi connectivity index (χ1n) is 7.70. The SMILES string of the molecule is CC(=O)N[C@@H]1C(=O)N(Cc2ccc(C)cc2)c2ccc(C)cc21. The zero-order chi connectivity index (χ0) is 16.6. The number of hydrogen-bond acceptors (Lipinski definition) is 2. The molecule has 23 heavy (non-hydrogen) atoms. The van der Waals surface area contributed by atoms with Crippen LogP contribution < -0.4 is 10.2 Å². The van der Waals surface area contributed by atoms with Crippen LogP contribution in [0, 0.1) is 13.8 Å². The average molecular weight is 308 g/mol. The lowest BCUT2D eigenvalue weighted by Gasteiger charge is -2.18. The van der Waals surface area contributed by atoms with Gasteiger partial charge in [0.15, 0.2) is 0 Å². The van der Waals surface area contributed by atoms with E-state index in [2.05, 4.69) is 5.32 Å². The predicted octanol–water partition coefficient (Wildman–Crippen LogP) is 3.03. The standard InChI is InChI=1S/C19H20N2O2/c1-12-4-7-15(8-5-12)11-21-17-9-6-13(2)10-16(17)18(19(21)23)20-14(3)22/h4-10,18H,11H2,1-3H3,(H,20,22)/t18-/m0/s1. The van der Waals surface area contributed by atoms with Gasteiger partial charge in [-0.2, -0.15) is 0 Å². The fourth-order valence-electron chi connectivity index (χ4n) is 2.94. The van der Waals surface area contributed by atoms with Gasteiger partial charge in [0.1, 0.15) is 6.04 Å². The summed E-state index contributed by atoms with van der Waals surface area (Å²) in [5.41, 5.74) is 5.08. The first-order chi connectivity index (χ1) is 11.0. The van der Waals surface area contributed by atoms with E-state index in [0.717, 1.165) is 22.4 Å². The van der Waals surface area contributed by atoms with Gasteiger partial charge in [-0.3, -0.25) is 9.59 Å². The van der Waals surface area contributed by atoms with Crippen molar-refractivity contribution in [2.75, 3.05) is 4.90 Å². The molecule has 4 nitrogen and oxygen atoms in total. The summed E-state index contributed by atoms with van der Waals surface area (Å²) >= 11 is 0. The van der Waals surface area contributed by atoms with Gasteiger partial charge in [0, 0.05) is 18.2 Å². The Kier molecular flexibility index (Phi) is 3.90. The van der Waals surface area contributed by atoms with E-state index in [1.54, 1.807) is 4.90 Å². The van der Waals surface area contributed by atoms with Gasteiger partial charge in [-0.15, -0.1) is 0 Å². The van der Waals surface area contributed by atoms with Crippen molar-refractivity contribution in [2.24, 2.45) is 0 Å². The van der Waals surface area contributed by atoms with Crippen LogP contribution in [0.3, 0.4) is 0 Å². The molecule has 0 saturated heterocycles. The number of carbonyl (C=O) groups excluding carboxylic acids is 2. The highest BCUT2D eigenvalue weighted by Crippen LogP contribution is 2.37. The smallest absolute Gasteiger partial charge is 0.254 e. The van der Waals surface area contributed by atoms with E-state index in [9.17, 15) is 9.59 Å². The second-order valence-electron chi connectivity index (χ2n) is 6.11. The molecule has 0 spiro atoms. The predicted molar refractivity (Wildman–Crippen MR) is 90.1 cm³/mol. The van der Waals surface area contributed by atoms with Crippen molar-refractivity contribution in [1.82, 2.24) is 5.32 Å². The molecule has 0 radical (unpaired) electrons. The summed E-state index contributed by atoms with van der Waals surface area (Å²) in [6, 6.07) is 13.5. The fraction of sp³-hybridized carbons (Fsp3) is 0.263. The largest absolute Gasteiger partial charge is 0.341 e. The number of nitrogens with one attached hydrogen (secondary N) is 1. The van der Waals surface area contributed by atoms with E-state index in [-0.39, 0.29) is 11.8 Å². The summed E-state index contributed by atoms with van der Waals surface area (Å²) in [6.07, 6.45) is 0. The second-order valence-corrected chi connectivity index (χ2v) is 6.11. The third kappa shape index (κ3) is 2.97. The van der Waals surface area contributed by atoms with Crippen LogP contribution in [0.25, 0.3) is 0 Å². The molecule has 2 aromatic rings. The third-order valence-corrected chi connectivity index (χ3v) is 4.11. The van der Waals surface area contributed by atoms with E-state index < -0.39 is 6.04 Å². The van der Waals surface area contributed by atoms with E-state index in [0.29, 0.717) is 6.54 Å². The maximum absolute atomic E-state index is 12.8. The molecule has 0 saturated carbocycles. The van der Waals surface area contributed by atoms with Gasteiger partial charge < -0.3 is 10.2 Å². The Hall–Kier alpha value is -2.62. The molecule has 2 amide bonds. The molecule has 1 atom stereocenters. The van der Waals surface area contributed by atoms with Gasteiger partial charge in [0.25, 0.3) is 5.91 Å². The van der Waals surface area contributed by atoms with Crippen LogP contribution in [0.1, 0.15) is 35.2 Å². The third-order valence-electron chi connectivity index (χ3n) is 4.11. The average Bonchev–Trinajstić information content (AvgIpc) is 2.74. The Bertz CT molecular complexity index is 765. The van der Waals surface area contributed by atoms with E-state index in [1.165, 1.54) is 12.5 Å². The van der Waals surface area contributed by atoms with Crippen LogP contribution in [0.4, 0.5) is 5.69 Å². The van der Waals surface area contributed by atoms with Crippen LogP contribution >= 0.6 is 0 Å². The zero-order valence-electron chi connectivity index (χ0n) is 13.6. The molecule has 1 aliphatic heterocycles. The highest BCUT2D eigenvalue weighted by molar-refractivity contribution is 6.06. The van der Waals surface area contributed by atoms with Gasteiger partial charge in [0.05, 0.1) is 6.54 Å². The lowest BCUT2D eigenvalue weighted by molar-refractivity contribution is -0.126.